The number of nitrogens with two attached hydrogens (primary N) is 2. The van der Waals surface area contributed by atoms with Gasteiger partial charge >= 0.3 is 0 Å². The lowest BCUT2D eigenvalue weighted by Gasteiger charge is -2.09. The van der Waals surface area contributed by atoms with Crippen LogP contribution in [-0.4, -0.2) is 18.5 Å². The molecule has 0 radical (unpaired) electrons. The monoisotopic (exact) mass is 336 g/mol. The van der Waals surface area contributed by atoms with Crippen LogP contribution in [0.1, 0.15) is 11.1 Å². The molecule has 0 aliphatic heterocycles. The molecule has 0 unspecified atom stereocenters. The zero-order valence-electron chi connectivity index (χ0n) is 13.6. The first-order valence-electron chi connectivity index (χ1n) is 7.53. The first kappa shape index (κ1) is 17.8. The van der Waals surface area contributed by atoms with E-state index in [9.17, 15) is 0 Å². The lowest BCUT2D eigenvalue weighted by atomic mass is 10.2. The van der Waals surface area contributed by atoms with E-state index in [2.05, 4.69) is 0 Å². The Morgan fingerprint density at radius 2 is 1.08 bits per heavy atom. The summed E-state index contributed by atoms with van der Waals surface area (Å²) >= 11 is 0. The Morgan fingerprint density at radius 3 is 1.40 bits per heavy atom. The average molecular weight is 336 g/mol. The van der Waals surface area contributed by atoms with Crippen molar-refractivity contribution < 1.29 is 9.47 Å². The zero-order valence-corrected chi connectivity index (χ0v) is 13.6. The van der Waals surface area contributed by atoms with Gasteiger partial charge in [0.1, 0.15) is 23.2 Å². The van der Waals surface area contributed by atoms with Crippen molar-refractivity contribution in [2.75, 3.05) is 6.79 Å². The largest absolute Gasteiger partial charge is 0.458 e. The molecule has 25 heavy (non-hydrogen) atoms. The summed E-state index contributed by atoms with van der Waals surface area (Å²) in [6.07, 6.45) is 6.55. The van der Waals surface area contributed by atoms with Crippen molar-refractivity contribution in [1.29, 1.82) is 10.8 Å². The third kappa shape index (κ3) is 6.62. The lowest BCUT2D eigenvalue weighted by Crippen LogP contribution is -2.05. The maximum atomic E-state index is 7.14. The van der Waals surface area contributed by atoms with Crippen LogP contribution in [-0.2, 0) is 0 Å². The predicted molar refractivity (Wildman–Crippen MR) is 101 cm³/mol. The Kier molecular flexibility index (Phi) is 6.36. The molecule has 128 valence electrons. The summed E-state index contributed by atoms with van der Waals surface area (Å²) in [6.45, 7) is 0.0886. The summed E-state index contributed by atoms with van der Waals surface area (Å²) in [5.41, 5.74) is 12.4. The number of ether oxygens (including phenoxy) is 2. The van der Waals surface area contributed by atoms with Gasteiger partial charge in [0.05, 0.1) is 0 Å². The van der Waals surface area contributed by atoms with E-state index >= 15 is 0 Å². The molecule has 0 aromatic heterocycles. The third-order valence-corrected chi connectivity index (χ3v) is 3.12. The fraction of sp³-hybridized carbons (Fsp3) is 0.0526. The molecule has 0 spiro atoms. The number of rotatable bonds is 8. The Bertz CT molecular complexity index is 711. The highest BCUT2D eigenvalue weighted by Crippen LogP contribution is 2.16. The smallest absolute Gasteiger partial charge is 0.230 e. The minimum Gasteiger partial charge on any atom is -0.458 e. The highest BCUT2D eigenvalue weighted by molar-refractivity contribution is 5.93. The summed E-state index contributed by atoms with van der Waals surface area (Å²) in [5.74, 6) is 1.38. The molecule has 0 aliphatic carbocycles. The summed E-state index contributed by atoms with van der Waals surface area (Å²) in [4.78, 5) is 0. The molecule has 0 atom stereocenters. The van der Waals surface area contributed by atoms with Crippen LogP contribution >= 0.6 is 0 Å². The van der Waals surface area contributed by atoms with Crippen LogP contribution in [0.3, 0.4) is 0 Å². The fourth-order valence-corrected chi connectivity index (χ4v) is 1.89. The van der Waals surface area contributed by atoms with Gasteiger partial charge < -0.3 is 20.9 Å². The van der Waals surface area contributed by atoms with Gasteiger partial charge in [-0.05, 0) is 47.5 Å². The summed E-state index contributed by atoms with van der Waals surface area (Å²) in [5, 5.41) is 14.3. The molecular formula is C19H20N4O2. The molecule has 2 aromatic carbocycles. The van der Waals surface area contributed by atoms with Crippen LogP contribution in [0.5, 0.6) is 11.5 Å². The van der Waals surface area contributed by atoms with Gasteiger partial charge in [-0.15, -0.1) is 0 Å². The maximum absolute atomic E-state index is 7.14. The summed E-state index contributed by atoms with van der Waals surface area (Å²) in [6, 6.07) is 14.7. The van der Waals surface area contributed by atoms with Crippen molar-refractivity contribution in [3.63, 3.8) is 0 Å². The number of hydrogen-bond donors (Lipinski definition) is 4. The SMILES string of the molecule is N=C(N)/C=C/c1ccc(OCOc2ccc(/C=C/C(=N)N)cc2)cc1. The minimum atomic E-state index is 0.0107. The quantitative estimate of drug-likeness (QED) is 0.336. The van der Waals surface area contributed by atoms with Gasteiger partial charge in [-0.25, -0.2) is 0 Å². The van der Waals surface area contributed by atoms with Crippen LogP contribution in [0.2, 0.25) is 0 Å². The molecule has 0 saturated carbocycles. The van der Waals surface area contributed by atoms with Crippen LogP contribution in [0.15, 0.2) is 60.7 Å². The minimum absolute atomic E-state index is 0.0107. The Morgan fingerprint density at radius 1 is 0.720 bits per heavy atom. The summed E-state index contributed by atoms with van der Waals surface area (Å²) in [7, 11) is 0. The third-order valence-electron chi connectivity index (χ3n) is 3.12. The van der Waals surface area contributed by atoms with E-state index in [0.29, 0.717) is 11.5 Å². The van der Waals surface area contributed by atoms with Gasteiger partial charge in [-0.2, -0.15) is 0 Å². The zero-order chi connectivity index (χ0) is 18.1. The summed E-state index contributed by atoms with van der Waals surface area (Å²) < 4.78 is 11.1. The highest BCUT2D eigenvalue weighted by atomic mass is 16.7. The fourth-order valence-electron chi connectivity index (χ4n) is 1.89. The molecule has 0 aliphatic rings. The van der Waals surface area contributed by atoms with E-state index in [1.807, 2.05) is 48.5 Å². The normalized spacial score (nSPS) is 10.9. The van der Waals surface area contributed by atoms with Crippen molar-refractivity contribution in [3.05, 3.63) is 71.8 Å². The first-order valence-corrected chi connectivity index (χ1v) is 7.53. The van der Waals surface area contributed by atoms with E-state index in [4.69, 9.17) is 31.8 Å². The predicted octanol–water partition coefficient (Wildman–Crippen LogP) is 3.00. The van der Waals surface area contributed by atoms with E-state index in [-0.39, 0.29) is 18.5 Å². The van der Waals surface area contributed by atoms with Crippen molar-refractivity contribution in [2.45, 2.75) is 0 Å². The molecule has 2 aromatic rings. The van der Waals surface area contributed by atoms with Crippen molar-refractivity contribution in [2.24, 2.45) is 11.5 Å². The van der Waals surface area contributed by atoms with Gasteiger partial charge in [0.15, 0.2) is 0 Å². The number of amidine groups is 2. The molecule has 6 N–H and O–H groups in total. The standard InChI is InChI=1S/C19H20N4O2/c20-18(21)11-5-14-1-7-16(8-2-14)24-13-25-17-9-3-15(4-10-17)6-12-19(22)23/h1-12H,13H2,(H3,20,21)(H3,22,23)/b11-5+,12-6+. The van der Waals surface area contributed by atoms with E-state index < -0.39 is 0 Å². The second-order valence-corrected chi connectivity index (χ2v) is 5.12. The average Bonchev–Trinajstić information content (AvgIpc) is 2.60. The topological polar surface area (TPSA) is 118 Å². The van der Waals surface area contributed by atoms with Gasteiger partial charge in [-0.3, -0.25) is 10.8 Å². The molecule has 0 saturated heterocycles. The van der Waals surface area contributed by atoms with Crippen LogP contribution < -0.4 is 20.9 Å². The van der Waals surface area contributed by atoms with Crippen molar-refractivity contribution in [1.82, 2.24) is 0 Å². The van der Waals surface area contributed by atoms with Gasteiger partial charge in [0.25, 0.3) is 0 Å². The van der Waals surface area contributed by atoms with E-state index in [1.54, 1.807) is 12.2 Å². The van der Waals surface area contributed by atoms with Crippen molar-refractivity contribution >= 4 is 23.8 Å². The van der Waals surface area contributed by atoms with E-state index in [0.717, 1.165) is 11.1 Å². The van der Waals surface area contributed by atoms with Gasteiger partial charge in [0, 0.05) is 0 Å². The number of benzene rings is 2. The second kappa shape index (κ2) is 8.93. The maximum Gasteiger partial charge on any atom is 0.230 e. The molecule has 6 nitrogen and oxygen atoms in total. The van der Waals surface area contributed by atoms with Crippen molar-refractivity contribution in [3.8, 4) is 11.5 Å². The molecule has 0 amide bonds. The molecule has 6 heteroatoms. The van der Waals surface area contributed by atoms with E-state index in [1.165, 1.54) is 12.2 Å². The molecule has 2 rings (SSSR count). The lowest BCUT2D eigenvalue weighted by molar-refractivity contribution is 0.120. The first-order chi connectivity index (χ1) is 12.0. The Hall–Kier alpha value is -3.54. The number of nitrogens with one attached hydrogen (secondary N) is 2. The number of hydrogen-bond acceptors (Lipinski definition) is 4. The Labute approximate surface area is 146 Å². The molecule has 0 bridgehead atoms. The second-order valence-electron chi connectivity index (χ2n) is 5.12. The molecule has 0 heterocycles. The highest BCUT2D eigenvalue weighted by Gasteiger charge is 1.97. The Balaban J connectivity index is 1.82. The van der Waals surface area contributed by atoms with Crippen LogP contribution in [0, 0.1) is 10.8 Å². The molecule has 0 fully saturated rings. The van der Waals surface area contributed by atoms with Crippen LogP contribution in [0.4, 0.5) is 0 Å². The van der Waals surface area contributed by atoms with Gasteiger partial charge in [-0.1, -0.05) is 36.4 Å². The molecular weight excluding hydrogens is 316 g/mol. The van der Waals surface area contributed by atoms with Gasteiger partial charge in [0.2, 0.25) is 6.79 Å². The van der Waals surface area contributed by atoms with Crippen LogP contribution in [0.25, 0.3) is 12.2 Å².